The van der Waals surface area contributed by atoms with Crippen LogP contribution in [-0.2, 0) is 6.61 Å². The lowest BCUT2D eigenvalue weighted by atomic mass is 10.2. The smallest absolute Gasteiger partial charge is 0.117 e. The molecule has 0 fully saturated rings. The third kappa shape index (κ3) is 2.18. The Morgan fingerprint density at radius 3 is 2.84 bits per heavy atom. The maximum Gasteiger partial charge on any atom is 0.117 e. The van der Waals surface area contributed by atoms with Crippen LogP contribution in [0.15, 0.2) is 41.8 Å². The van der Waals surface area contributed by atoms with E-state index in [-0.39, 0.29) is 6.61 Å². The lowest BCUT2D eigenvalue weighted by molar-refractivity contribution is 0.277. The van der Waals surface area contributed by atoms with E-state index in [1.165, 1.54) is 0 Å². The molecule has 0 aliphatic carbocycles. The zero-order valence-electron chi connectivity index (χ0n) is 10.4. The Morgan fingerprint density at radius 2 is 2.16 bits per heavy atom. The Morgan fingerprint density at radius 1 is 1.26 bits per heavy atom. The van der Waals surface area contributed by atoms with Crippen LogP contribution in [0.5, 0.6) is 0 Å². The van der Waals surface area contributed by atoms with Crippen molar-refractivity contribution < 1.29 is 5.11 Å². The van der Waals surface area contributed by atoms with Gasteiger partial charge < -0.3 is 5.11 Å². The van der Waals surface area contributed by atoms with Gasteiger partial charge in [-0.1, -0.05) is 23.4 Å². The summed E-state index contributed by atoms with van der Waals surface area (Å²) in [4.78, 5) is 1.05. The highest BCUT2D eigenvalue weighted by Gasteiger charge is 2.16. The molecule has 0 unspecified atom stereocenters. The first-order chi connectivity index (χ1) is 9.29. The number of benzene rings is 1. The van der Waals surface area contributed by atoms with Gasteiger partial charge in [0.1, 0.15) is 11.4 Å². The molecule has 0 spiro atoms. The minimum absolute atomic E-state index is 0.112. The molecule has 5 heteroatoms. The summed E-state index contributed by atoms with van der Waals surface area (Å²) in [6, 6.07) is 12.1. The molecule has 1 aromatic carbocycles. The molecule has 3 aromatic rings. The average molecular weight is 271 g/mol. The van der Waals surface area contributed by atoms with Crippen LogP contribution in [0.25, 0.3) is 16.3 Å². The van der Waals surface area contributed by atoms with Gasteiger partial charge in [-0.25, -0.2) is 4.68 Å². The molecule has 0 amide bonds. The molecular weight excluding hydrogens is 258 g/mol. The standard InChI is InChI=1S/C14H13N3OS/c1-10-4-2-5-11(8-10)17-14(12(9-18)15-16-17)13-6-3-7-19-13/h2-8,18H,9H2,1H3. The first kappa shape index (κ1) is 12.1. The highest BCUT2D eigenvalue weighted by atomic mass is 32.1. The highest BCUT2D eigenvalue weighted by molar-refractivity contribution is 7.13. The third-order valence-corrected chi connectivity index (χ3v) is 3.77. The van der Waals surface area contributed by atoms with E-state index in [4.69, 9.17) is 0 Å². The normalized spacial score (nSPS) is 10.8. The summed E-state index contributed by atoms with van der Waals surface area (Å²) in [7, 11) is 0. The van der Waals surface area contributed by atoms with Crippen LogP contribution in [0.1, 0.15) is 11.3 Å². The van der Waals surface area contributed by atoms with E-state index in [2.05, 4.69) is 10.3 Å². The van der Waals surface area contributed by atoms with Gasteiger partial charge in [-0.05, 0) is 36.1 Å². The second kappa shape index (κ2) is 4.95. The van der Waals surface area contributed by atoms with E-state index in [9.17, 15) is 5.11 Å². The molecule has 19 heavy (non-hydrogen) atoms. The zero-order valence-corrected chi connectivity index (χ0v) is 11.3. The van der Waals surface area contributed by atoms with E-state index in [1.807, 2.05) is 48.7 Å². The van der Waals surface area contributed by atoms with Crippen LogP contribution < -0.4 is 0 Å². The molecule has 96 valence electrons. The average Bonchev–Trinajstić information content (AvgIpc) is 3.07. The number of aliphatic hydroxyl groups excluding tert-OH is 1. The molecule has 3 rings (SSSR count). The number of aryl methyl sites for hydroxylation is 1. The Bertz CT molecular complexity index is 689. The lowest BCUT2D eigenvalue weighted by Gasteiger charge is -2.06. The van der Waals surface area contributed by atoms with Crippen LogP contribution in [0.2, 0.25) is 0 Å². The third-order valence-electron chi connectivity index (χ3n) is 2.89. The van der Waals surface area contributed by atoms with Gasteiger partial charge in [0.05, 0.1) is 17.2 Å². The number of rotatable bonds is 3. The fourth-order valence-corrected chi connectivity index (χ4v) is 2.80. The van der Waals surface area contributed by atoms with Crippen molar-refractivity contribution in [2.45, 2.75) is 13.5 Å². The number of nitrogens with zero attached hydrogens (tertiary/aromatic N) is 3. The molecule has 0 aliphatic heterocycles. The monoisotopic (exact) mass is 271 g/mol. The predicted octanol–water partition coefficient (Wildman–Crippen LogP) is 2.80. The van der Waals surface area contributed by atoms with Crippen LogP contribution in [-0.4, -0.2) is 20.1 Å². The van der Waals surface area contributed by atoms with E-state index in [0.29, 0.717) is 5.69 Å². The molecule has 2 aromatic heterocycles. The van der Waals surface area contributed by atoms with Crippen molar-refractivity contribution in [2.24, 2.45) is 0 Å². The summed E-state index contributed by atoms with van der Waals surface area (Å²) >= 11 is 1.61. The maximum atomic E-state index is 9.42. The van der Waals surface area contributed by atoms with E-state index in [0.717, 1.165) is 21.8 Å². The molecule has 0 atom stereocenters. The summed E-state index contributed by atoms with van der Waals surface area (Å²) < 4.78 is 1.78. The van der Waals surface area contributed by atoms with Gasteiger partial charge in [-0.2, -0.15) is 0 Å². The highest BCUT2D eigenvalue weighted by Crippen LogP contribution is 2.29. The topological polar surface area (TPSA) is 50.9 Å². The predicted molar refractivity (Wildman–Crippen MR) is 75.3 cm³/mol. The summed E-state index contributed by atoms with van der Waals surface area (Å²) in [5, 5.41) is 19.7. The molecule has 4 nitrogen and oxygen atoms in total. The van der Waals surface area contributed by atoms with Crippen LogP contribution in [0.4, 0.5) is 0 Å². The van der Waals surface area contributed by atoms with Gasteiger partial charge >= 0.3 is 0 Å². The fraction of sp³-hybridized carbons (Fsp3) is 0.143. The first-order valence-electron chi connectivity index (χ1n) is 5.96. The van der Waals surface area contributed by atoms with Crippen molar-refractivity contribution in [3.8, 4) is 16.3 Å². The van der Waals surface area contributed by atoms with Crippen LogP contribution in [0.3, 0.4) is 0 Å². The molecule has 0 saturated heterocycles. The molecule has 0 aliphatic rings. The second-order valence-corrected chi connectivity index (χ2v) is 5.22. The van der Waals surface area contributed by atoms with E-state index < -0.39 is 0 Å². The minimum atomic E-state index is -0.112. The van der Waals surface area contributed by atoms with Gasteiger partial charge in [-0.3, -0.25) is 0 Å². The van der Waals surface area contributed by atoms with E-state index in [1.54, 1.807) is 16.0 Å². The lowest BCUT2D eigenvalue weighted by Crippen LogP contribution is -1.99. The van der Waals surface area contributed by atoms with Crippen molar-refractivity contribution in [2.75, 3.05) is 0 Å². The van der Waals surface area contributed by atoms with Gasteiger partial charge in [0.25, 0.3) is 0 Å². The minimum Gasteiger partial charge on any atom is -0.390 e. The summed E-state index contributed by atoms with van der Waals surface area (Å²) in [6.07, 6.45) is 0. The Kier molecular flexibility index (Phi) is 3.15. The quantitative estimate of drug-likeness (QED) is 0.797. The molecule has 0 saturated carbocycles. The molecule has 0 bridgehead atoms. The Balaban J connectivity index is 2.20. The van der Waals surface area contributed by atoms with Gasteiger partial charge in [0, 0.05) is 0 Å². The molecule has 1 N–H and O–H groups in total. The van der Waals surface area contributed by atoms with Crippen molar-refractivity contribution in [3.63, 3.8) is 0 Å². The zero-order chi connectivity index (χ0) is 13.2. The number of aromatic nitrogens is 3. The summed E-state index contributed by atoms with van der Waals surface area (Å²) in [5.74, 6) is 0. The molecule has 0 radical (unpaired) electrons. The fourth-order valence-electron chi connectivity index (χ4n) is 2.02. The second-order valence-electron chi connectivity index (χ2n) is 4.27. The number of thiophene rings is 1. The van der Waals surface area contributed by atoms with Crippen LogP contribution in [0, 0.1) is 6.92 Å². The van der Waals surface area contributed by atoms with Gasteiger partial charge in [0.2, 0.25) is 0 Å². The van der Waals surface area contributed by atoms with Crippen molar-refractivity contribution in [1.29, 1.82) is 0 Å². The van der Waals surface area contributed by atoms with Crippen molar-refractivity contribution in [1.82, 2.24) is 15.0 Å². The first-order valence-corrected chi connectivity index (χ1v) is 6.84. The van der Waals surface area contributed by atoms with E-state index >= 15 is 0 Å². The van der Waals surface area contributed by atoms with Gasteiger partial charge in [0.15, 0.2) is 0 Å². The summed E-state index contributed by atoms with van der Waals surface area (Å²) in [6.45, 7) is 1.93. The largest absolute Gasteiger partial charge is 0.390 e. The Hall–Kier alpha value is -1.98. The Labute approximate surface area is 115 Å². The van der Waals surface area contributed by atoms with Crippen molar-refractivity contribution >= 4 is 11.3 Å². The van der Waals surface area contributed by atoms with Gasteiger partial charge in [-0.15, -0.1) is 16.4 Å². The van der Waals surface area contributed by atoms with Crippen LogP contribution >= 0.6 is 11.3 Å². The SMILES string of the molecule is Cc1cccc(-n2nnc(CO)c2-c2cccs2)c1. The summed E-state index contributed by atoms with van der Waals surface area (Å²) in [5.41, 5.74) is 3.58. The number of hydrogen-bond acceptors (Lipinski definition) is 4. The van der Waals surface area contributed by atoms with Crippen molar-refractivity contribution in [3.05, 3.63) is 53.0 Å². The number of hydrogen-bond donors (Lipinski definition) is 1. The maximum absolute atomic E-state index is 9.42. The molecular formula is C14H13N3OS. The number of aliphatic hydroxyl groups is 1. The molecule has 2 heterocycles.